The van der Waals surface area contributed by atoms with Crippen LogP contribution < -0.4 is 10.1 Å². The van der Waals surface area contributed by atoms with Crippen LogP contribution in [0.4, 0.5) is 0 Å². The summed E-state index contributed by atoms with van der Waals surface area (Å²) in [4.78, 5) is 23.7. The summed E-state index contributed by atoms with van der Waals surface area (Å²) in [6.45, 7) is 7.30. The number of aliphatic carboxylic acids is 1. The lowest BCUT2D eigenvalue weighted by atomic mass is 9.95. The van der Waals surface area contributed by atoms with E-state index in [4.69, 9.17) is 4.74 Å². The quantitative estimate of drug-likeness (QED) is 0.812. The average Bonchev–Trinajstić information content (AvgIpc) is 2.41. The molecular weight excluding hydrogens is 282 g/mol. The Kier molecular flexibility index (Phi) is 5.97. The van der Waals surface area contributed by atoms with Gasteiger partial charge in [-0.15, -0.1) is 0 Å². The highest BCUT2D eigenvalue weighted by molar-refractivity contribution is 5.88. The third-order valence-corrected chi connectivity index (χ3v) is 3.77. The molecule has 0 aliphatic rings. The lowest BCUT2D eigenvalue weighted by Gasteiger charge is -2.26. The van der Waals surface area contributed by atoms with Gasteiger partial charge < -0.3 is 15.2 Å². The van der Waals surface area contributed by atoms with Crippen molar-refractivity contribution < 1.29 is 19.4 Å². The van der Waals surface area contributed by atoms with E-state index in [9.17, 15) is 14.7 Å². The zero-order valence-corrected chi connectivity index (χ0v) is 13.9. The van der Waals surface area contributed by atoms with Crippen molar-refractivity contribution in [3.63, 3.8) is 0 Å². The van der Waals surface area contributed by atoms with Gasteiger partial charge in [0.15, 0.2) is 0 Å². The molecule has 0 saturated carbocycles. The minimum absolute atomic E-state index is 0.0991. The Bertz CT molecular complexity index is 568. The monoisotopic (exact) mass is 307 g/mol. The molecule has 0 saturated heterocycles. The van der Waals surface area contributed by atoms with Crippen LogP contribution in [-0.4, -0.2) is 29.6 Å². The molecule has 1 amide bonds. The summed E-state index contributed by atoms with van der Waals surface area (Å²) in [5.41, 5.74) is 1.56. The van der Waals surface area contributed by atoms with Gasteiger partial charge in [-0.05, 0) is 44.4 Å². The Morgan fingerprint density at radius 1 is 1.32 bits per heavy atom. The van der Waals surface area contributed by atoms with Crippen molar-refractivity contribution in [3.8, 4) is 5.75 Å². The molecule has 0 bridgehead atoms. The van der Waals surface area contributed by atoms with E-state index in [1.807, 2.05) is 32.9 Å². The van der Waals surface area contributed by atoms with Crippen molar-refractivity contribution in [2.75, 3.05) is 7.11 Å². The number of hydrogen-bond donors (Lipinski definition) is 2. The number of benzene rings is 1. The molecule has 0 radical (unpaired) electrons. The van der Waals surface area contributed by atoms with Crippen LogP contribution in [-0.2, 0) is 16.0 Å². The molecular formula is C17H25NO4. The largest absolute Gasteiger partial charge is 0.496 e. The molecule has 22 heavy (non-hydrogen) atoms. The van der Waals surface area contributed by atoms with Crippen molar-refractivity contribution in [1.29, 1.82) is 0 Å². The minimum atomic E-state index is -1.24. The van der Waals surface area contributed by atoms with Gasteiger partial charge in [0.2, 0.25) is 5.91 Å². The van der Waals surface area contributed by atoms with E-state index in [1.165, 1.54) is 6.92 Å². The molecule has 2 N–H and O–H groups in total. The second-order valence-electron chi connectivity index (χ2n) is 5.87. The van der Waals surface area contributed by atoms with Crippen LogP contribution in [0.5, 0.6) is 5.75 Å². The molecule has 122 valence electrons. The van der Waals surface area contributed by atoms with E-state index >= 15 is 0 Å². The fourth-order valence-electron chi connectivity index (χ4n) is 2.60. The first-order valence-electron chi connectivity index (χ1n) is 7.42. The van der Waals surface area contributed by atoms with Crippen molar-refractivity contribution in [2.24, 2.45) is 0 Å². The molecule has 0 aliphatic carbocycles. The first kappa shape index (κ1) is 18.0. The molecule has 0 aromatic heterocycles. The Hall–Kier alpha value is -2.04. The first-order valence-corrected chi connectivity index (χ1v) is 7.42. The number of rotatable bonds is 7. The number of ether oxygens (including phenoxy) is 1. The van der Waals surface area contributed by atoms with E-state index in [0.717, 1.165) is 16.7 Å². The standard InChI is InChI=1S/C17H25NO4/c1-6-7-17(4,16(20)21)18-15(19)10-13-12(3)8-11(2)9-14(13)22-5/h8-9H,6-7,10H2,1-5H3,(H,18,19)(H,20,21). The number of nitrogens with one attached hydrogen (secondary N) is 1. The number of aryl methyl sites for hydroxylation is 2. The van der Waals surface area contributed by atoms with Crippen molar-refractivity contribution in [2.45, 2.75) is 52.5 Å². The number of carboxylic acid groups (broad SMARTS) is 1. The van der Waals surface area contributed by atoms with E-state index in [1.54, 1.807) is 7.11 Å². The summed E-state index contributed by atoms with van der Waals surface area (Å²) in [7, 11) is 1.56. The number of carbonyl (C=O) groups is 2. The zero-order valence-electron chi connectivity index (χ0n) is 13.9. The van der Waals surface area contributed by atoms with Crippen molar-refractivity contribution in [3.05, 3.63) is 28.8 Å². The molecule has 0 heterocycles. The highest BCUT2D eigenvalue weighted by Gasteiger charge is 2.33. The lowest BCUT2D eigenvalue weighted by Crippen LogP contribution is -2.52. The Balaban J connectivity index is 2.96. The molecule has 5 heteroatoms. The molecule has 0 aliphatic heterocycles. The summed E-state index contributed by atoms with van der Waals surface area (Å²) < 4.78 is 5.34. The maximum absolute atomic E-state index is 12.3. The smallest absolute Gasteiger partial charge is 0.329 e. The average molecular weight is 307 g/mol. The topological polar surface area (TPSA) is 75.6 Å². The predicted molar refractivity (Wildman–Crippen MR) is 85.3 cm³/mol. The van der Waals surface area contributed by atoms with Crippen LogP contribution in [0.25, 0.3) is 0 Å². The SMILES string of the molecule is CCCC(C)(NC(=O)Cc1c(C)cc(C)cc1OC)C(=O)O. The van der Waals surface area contributed by atoms with E-state index in [2.05, 4.69) is 5.32 Å². The van der Waals surface area contributed by atoms with E-state index in [0.29, 0.717) is 18.6 Å². The highest BCUT2D eigenvalue weighted by Crippen LogP contribution is 2.25. The Morgan fingerprint density at radius 3 is 2.45 bits per heavy atom. The molecule has 1 aromatic carbocycles. The second kappa shape index (κ2) is 7.29. The zero-order chi connectivity index (χ0) is 16.9. The normalized spacial score (nSPS) is 13.3. The molecule has 0 spiro atoms. The second-order valence-corrected chi connectivity index (χ2v) is 5.87. The maximum Gasteiger partial charge on any atom is 0.329 e. The van der Waals surface area contributed by atoms with Gasteiger partial charge in [0.25, 0.3) is 0 Å². The van der Waals surface area contributed by atoms with Gasteiger partial charge >= 0.3 is 5.97 Å². The lowest BCUT2D eigenvalue weighted by molar-refractivity contribution is -0.147. The van der Waals surface area contributed by atoms with Gasteiger partial charge in [0.05, 0.1) is 13.5 Å². The van der Waals surface area contributed by atoms with Crippen LogP contribution in [0.3, 0.4) is 0 Å². The summed E-state index contributed by atoms with van der Waals surface area (Å²) in [6, 6.07) is 3.85. The number of methoxy groups -OCH3 is 1. The highest BCUT2D eigenvalue weighted by atomic mass is 16.5. The molecule has 0 fully saturated rings. The van der Waals surface area contributed by atoms with Gasteiger partial charge in [-0.2, -0.15) is 0 Å². The third-order valence-electron chi connectivity index (χ3n) is 3.77. The fourth-order valence-corrected chi connectivity index (χ4v) is 2.60. The first-order chi connectivity index (χ1) is 10.2. The summed E-state index contributed by atoms with van der Waals surface area (Å²) in [6.07, 6.45) is 1.16. The van der Waals surface area contributed by atoms with Crippen LogP contribution in [0, 0.1) is 13.8 Å². The number of carbonyl (C=O) groups excluding carboxylic acids is 1. The summed E-state index contributed by atoms with van der Waals surface area (Å²) >= 11 is 0. The van der Waals surface area contributed by atoms with E-state index in [-0.39, 0.29) is 12.3 Å². The molecule has 5 nitrogen and oxygen atoms in total. The summed E-state index contributed by atoms with van der Waals surface area (Å²) in [5.74, 6) is -0.681. The molecule has 1 unspecified atom stereocenters. The predicted octanol–water partition coefficient (Wildman–Crippen LogP) is 2.61. The van der Waals surface area contributed by atoms with Crippen LogP contribution >= 0.6 is 0 Å². The fraction of sp³-hybridized carbons (Fsp3) is 0.529. The maximum atomic E-state index is 12.3. The molecule has 1 atom stereocenters. The number of carboxylic acids is 1. The number of amides is 1. The Labute approximate surface area is 131 Å². The Morgan fingerprint density at radius 2 is 1.95 bits per heavy atom. The van der Waals surface area contributed by atoms with Crippen molar-refractivity contribution >= 4 is 11.9 Å². The van der Waals surface area contributed by atoms with Gasteiger partial charge in [0, 0.05) is 5.56 Å². The van der Waals surface area contributed by atoms with Gasteiger partial charge in [-0.25, -0.2) is 4.79 Å². The van der Waals surface area contributed by atoms with Crippen LogP contribution in [0.15, 0.2) is 12.1 Å². The minimum Gasteiger partial charge on any atom is -0.496 e. The van der Waals surface area contributed by atoms with Crippen molar-refractivity contribution in [1.82, 2.24) is 5.32 Å². The third kappa shape index (κ3) is 4.23. The van der Waals surface area contributed by atoms with E-state index < -0.39 is 11.5 Å². The molecule has 1 rings (SSSR count). The van der Waals surface area contributed by atoms with Gasteiger partial charge in [-0.3, -0.25) is 4.79 Å². The summed E-state index contributed by atoms with van der Waals surface area (Å²) in [5, 5.41) is 12.0. The van der Waals surface area contributed by atoms with Crippen LogP contribution in [0.2, 0.25) is 0 Å². The molecule has 1 aromatic rings. The van der Waals surface area contributed by atoms with Crippen LogP contribution in [0.1, 0.15) is 43.4 Å². The number of hydrogen-bond acceptors (Lipinski definition) is 3. The van der Waals surface area contributed by atoms with Gasteiger partial charge in [0.1, 0.15) is 11.3 Å². The van der Waals surface area contributed by atoms with Gasteiger partial charge in [-0.1, -0.05) is 19.4 Å².